The molecule has 0 aromatic heterocycles. The number of thioether (sulfide) groups is 1. The molecule has 16 heavy (non-hydrogen) atoms. The molecule has 3 aliphatic carbocycles. The normalized spacial score (nSPS) is 70.5. The van der Waals surface area contributed by atoms with Gasteiger partial charge in [0.2, 0.25) is 0 Å². The Morgan fingerprint density at radius 3 is 1.94 bits per heavy atom. The molecular formula is C13H16O2S. The first-order valence-electron chi connectivity index (χ1n) is 6.85. The van der Waals surface area contributed by atoms with Crippen LogP contribution in [-0.2, 0) is 9.47 Å². The van der Waals surface area contributed by atoms with Gasteiger partial charge in [0, 0.05) is 11.8 Å². The van der Waals surface area contributed by atoms with E-state index in [1.54, 1.807) is 0 Å². The minimum absolute atomic E-state index is 0.503. The Balaban J connectivity index is 1.65. The van der Waals surface area contributed by atoms with E-state index in [1.165, 1.54) is 25.7 Å². The molecule has 6 fully saturated rings. The van der Waals surface area contributed by atoms with Crippen LogP contribution in [0, 0.1) is 29.1 Å². The van der Waals surface area contributed by atoms with Crippen molar-refractivity contribution in [3.05, 3.63) is 0 Å². The summed E-state index contributed by atoms with van der Waals surface area (Å²) in [4.78, 5) is 0. The Labute approximate surface area is 99.4 Å². The van der Waals surface area contributed by atoms with Gasteiger partial charge in [0.15, 0.2) is 0 Å². The molecule has 3 heterocycles. The van der Waals surface area contributed by atoms with Crippen LogP contribution in [0.25, 0.3) is 0 Å². The summed E-state index contributed by atoms with van der Waals surface area (Å²) in [6.07, 6.45) is 6.72. The molecule has 2 bridgehead atoms. The lowest BCUT2D eigenvalue weighted by Crippen LogP contribution is -2.36. The maximum absolute atomic E-state index is 6.34. The Morgan fingerprint density at radius 1 is 0.875 bits per heavy atom. The lowest BCUT2D eigenvalue weighted by atomic mass is 9.75. The van der Waals surface area contributed by atoms with Crippen molar-refractivity contribution < 1.29 is 9.47 Å². The maximum Gasteiger partial charge on any atom is 0.109 e. The Bertz CT molecular complexity index is 361. The van der Waals surface area contributed by atoms with Gasteiger partial charge in [0.05, 0.1) is 12.2 Å². The molecular weight excluding hydrogens is 220 g/mol. The highest BCUT2D eigenvalue weighted by Gasteiger charge is 2.80. The van der Waals surface area contributed by atoms with E-state index in [1.807, 2.05) is 11.8 Å². The Morgan fingerprint density at radius 2 is 1.44 bits per heavy atom. The molecule has 0 amide bonds. The van der Waals surface area contributed by atoms with Crippen LogP contribution < -0.4 is 0 Å². The molecule has 6 rings (SSSR count). The van der Waals surface area contributed by atoms with Gasteiger partial charge in [-0.05, 0) is 42.9 Å². The van der Waals surface area contributed by atoms with Crippen molar-refractivity contribution in [1.82, 2.24) is 0 Å². The standard InChI is InChI=1S/C13H16O2S/c1-2-6-8-7-5(1)14-11-9(7)13(3-4-13)10(8)12(15-6)16-11/h5-12H,1-4H2/t5-,6+,7-,8+,9+,10-,11+,12-. The van der Waals surface area contributed by atoms with Crippen molar-refractivity contribution in [2.45, 2.75) is 48.8 Å². The summed E-state index contributed by atoms with van der Waals surface area (Å²) >= 11 is 2.04. The number of ether oxygens (including phenoxy) is 2. The summed E-state index contributed by atoms with van der Waals surface area (Å²) < 4.78 is 12.7. The van der Waals surface area contributed by atoms with Crippen molar-refractivity contribution in [2.75, 3.05) is 0 Å². The van der Waals surface area contributed by atoms with E-state index in [2.05, 4.69) is 0 Å². The molecule has 0 aromatic rings. The van der Waals surface area contributed by atoms with Gasteiger partial charge in [-0.15, -0.1) is 0 Å². The molecule has 2 nitrogen and oxygen atoms in total. The maximum atomic E-state index is 6.34. The molecule has 3 aliphatic heterocycles. The van der Waals surface area contributed by atoms with E-state index in [9.17, 15) is 0 Å². The number of hydrogen-bond donors (Lipinski definition) is 0. The minimum atomic E-state index is 0.503. The predicted octanol–water partition coefficient (Wildman–Crippen LogP) is 2.24. The third kappa shape index (κ3) is 0.648. The fourth-order valence-electron chi connectivity index (χ4n) is 6.05. The SMILES string of the molecule is C1C[C@H]2O[C@H]3S[C@H]4O[C@@H]1[C@H]1[C@@H]2[C@@H]3C2(CC2)[C@H]14. The topological polar surface area (TPSA) is 18.5 Å². The van der Waals surface area contributed by atoms with Gasteiger partial charge in [0.25, 0.3) is 0 Å². The lowest BCUT2D eigenvalue weighted by Gasteiger charge is -2.37. The fraction of sp³-hybridized carbons (Fsp3) is 1.00. The van der Waals surface area contributed by atoms with Gasteiger partial charge >= 0.3 is 0 Å². The second kappa shape index (κ2) is 2.24. The number of rotatable bonds is 0. The average molecular weight is 236 g/mol. The lowest BCUT2D eigenvalue weighted by molar-refractivity contribution is -0.0125. The van der Waals surface area contributed by atoms with Crippen LogP contribution in [0.4, 0.5) is 0 Å². The van der Waals surface area contributed by atoms with Gasteiger partial charge in [-0.25, -0.2) is 0 Å². The Kier molecular flexibility index (Phi) is 1.17. The highest BCUT2D eigenvalue weighted by molar-refractivity contribution is 8.00. The molecule has 0 unspecified atom stereocenters. The highest BCUT2D eigenvalue weighted by atomic mass is 32.2. The Hall–Kier alpha value is 0.270. The van der Waals surface area contributed by atoms with Crippen LogP contribution in [-0.4, -0.2) is 23.1 Å². The summed E-state index contributed by atoms with van der Waals surface area (Å²) in [7, 11) is 0. The average Bonchev–Trinajstić information content (AvgIpc) is 2.73. The number of hydrogen-bond acceptors (Lipinski definition) is 3. The molecule has 1 spiro atoms. The second-order valence-corrected chi connectivity index (χ2v) is 7.94. The molecule has 0 radical (unpaired) electrons. The van der Waals surface area contributed by atoms with Crippen LogP contribution in [0.5, 0.6) is 0 Å². The van der Waals surface area contributed by atoms with E-state index < -0.39 is 0 Å². The van der Waals surface area contributed by atoms with Crippen LogP contribution >= 0.6 is 11.8 Å². The summed E-state index contributed by atoms with van der Waals surface area (Å²) in [6, 6.07) is 0. The van der Waals surface area contributed by atoms with E-state index in [-0.39, 0.29) is 0 Å². The molecule has 0 aromatic carbocycles. The third-order valence-corrected chi connectivity index (χ3v) is 7.84. The van der Waals surface area contributed by atoms with E-state index in [4.69, 9.17) is 9.47 Å². The van der Waals surface area contributed by atoms with Crippen LogP contribution in [0.2, 0.25) is 0 Å². The summed E-state index contributed by atoms with van der Waals surface area (Å²) in [6.45, 7) is 0. The molecule has 3 heteroatoms. The zero-order chi connectivity index (χ0) is 10.1. The van der Waals surface area contributed by atoms with Crippen molar-refractivity contribution in [2.24, 2.45) is 29.1 Å². The largest absolute Gasteiger partial charge is 0.364 e. The second-order valence-electron chi connectivity index (χ2n) is 6.74. The predicted molar refractivity (Wildman–Crippen MR) is 59.8 cm³/mol. The first-order valence-corrected chi connectivity index (χ1v) is 7.79. The molecule has 3 saturated heterocycles. The molecule has 0 N–H and O–H groups in total. The zero-order valence-electron chi connectivity index (χ0n) is 9.17. The van der Waals surface area contributed by atoms with E-state index in [0.29, 0.717) is 28.5 Å². The monoisotopic (exact) mass is 236 g/mol. The van der Waals surface area contributed by atoms with Crippen molar-refractivity contribution in [3.63, 3.8) is 0 Å². The van der Waals surface area contributed by atoms with Crippen molar-refractivity contribution in [3.8, 4) is 0 Å². The third-order valence-electron chi connectivity index (χ3n) is 6.50. The summed E-state index contributed by atoms with van der Waals surface area (Å²) in [5.41, 5.74) is 1.70. The highest BCUT2D eigenvalue weighted by Crippen LogP contribution is 2.81. The van der Waals surface area contributed by atoms with Gasteiger partial charge < -0.3 is 9.47 Å². The van der Waals surface area contributed by atoms with Gasteiger partial charge in [0.1, 0.15) is 10.9 Å². The smallest absolute Gasteiger partial charge is 0.109 e. The first kappa shape index (κ1) is 8.39. The van der Waals surface area contributed by atoms with Gasteiger partial charge in [-0.2, -0.15) is 0 Å². The van der Waals surface area contributed by atoms with E-state index in [0.717, 1.165) is 23.7 Å². The fourth-order valence-corrected chi connectivity index (χ4v) is 7.97. The van der Waals surface area contributed by atoms with Crippen molar-refractivity contribution >= 4 is 11.8 Å². The van der Waals surface area contributed by atoms with Crippen LogP contribution in [0.15, 0.2) is 0 Å². The minimum Gasteiger partial charge on any atom is -0.364 e. The van der Waals surface area contributed by atoms with Gasteiger partial charge in [-0.1, -0.05) is 11.8 Å². The molecule has 6 aliphatic rings. The van der Waals surface area contributed by atoms with Gasteiger partial charge in [-0.3, -0.25) is 0 Å². The summed E-state index contributed by atoms with van der Waals surface area (Å²) in [5, 5.41) is 0. The van der Waals surface area contributed by atoms with Crippen LogP contribution in [0.3, 0.4) is 0 Å². The molecule has 8 atom stereocenters. The van der Waals surface area contributed by atoms with Crippen LogP contribution in [0.1, 0.15) is 25.7 Å². The van der Waals surface area contributed by atoms with Crippen molar-refractivity contribution in [1.29, 1.82) is 0 Å². The van der Waals surface area contributed by atoms with E-state index >= 15 is 0 Å². The summed E-state index contributed by atoms with van der Waals surface area (Å²) in [5.74, 6) is 3.60. The zero-order valence-corrected chi connectivity index (χ0v) is 9.99. The molecule has 86 valence electrons. The molecule has 3 saturated carbocycles. The first-order chi connectivity index (χ1) is 7.88. The quantitative estimate of drug-likeness (QED) is 0.642.